The molecule has 0 amide bonds. The Morgan fingerprint density at radius 3 is 2.40 bits per heavy atom. The van der Waals surface area contributed by atoms with Crippen molar-refractivity contribution >= 4 is 5.97 Å². The number of carbonyl (C=O) groups is 1. The molecule has 0 aliphatic carbocycles. The minimum atomic E-state index is -0.748. The predicted octanol–water partition coefficient (Wildman–Crippen LogP) is 3.65. The van der Waals surface area contributed by atoms with Gasteiger partial charge < -0.3 is 5.11 Å². The molecule has 1 atom stereocenters. The Morgan fingerprint density at radius 1 is 1.40 bits per heavy atom. The topological polar surface area (TPSA) is 37.3 Å². The van der Waals surface area contributed by atoms with Gasteiger partial charge in [0, 0.05) is 0 Å². The van der Waals surface area contributed by atoms with Crippen LogP contribution in [0.5, 0.6) is 0 Å². The van der Waals surface area contributed by atoms with Gasteiger partial charge in [-0.2, -0.15) is 0 Å². The van der Waals surface area contributed by atoms with Gasteiger partial charge in [0.1, 0.15) is 0 Å². The molecule has 1 N–H and O–H groups in total. The Kier molecular flexibility index (Phi) is 5.99. The summed E-state index contributed by atoms with van der Waals surface area (Å²) in [6, 6.07) is 0. The van der Waals surface area contributed by atoms with Crippen LogP contribution in [0.3, 0.4) is 0 Å². The fraction of sp³-hybridized carbons (Fsp3) is 0.615. The van der Waals surface area contributed by atoms with Crippen LogP contribution >= 0.6 is 0 Å². The van der Waals surface area contributed by atoms with Crippen LogP contribution in [-0.2, 0) is 4.79 Å². The summed E-state index contributed by atoms with van der Waals surface area (Å²) in [6.07, 6.45) is 8.60. The molecule has 0 aromatic rings. The van der Waals surface area contributed by atoms with Gasteiger partial charge in [0.05, 0.1) is 5.92 Å². The number of hydrogen-bond acceptors (Lipinski definition) is 1. The van der Waals surface area contributed by atoms with Gasteiger partial charge in [0.2, 0.25) is 0 Å². The lowest BCUT2D eigenvalue weighted by molar-refractivity contribution is -0.143. The summed E-state index contributed by atoms with van der Waals surface area (Å²) in [4.78, 5) is 11.0. The largest absolute Gasteiger partial charge is 0.481 e. The molecule has 0 fully saturated rings. The molecule has 2 nitrogen and oxygen atoms in total. The van der Waals surface area contributed by atoms with Gasteiger partial charge in [-0.25, -0.2) is 0 Å². The van der Waals surface area contributed by atoms with Crippen LogP contribution in [0, 0.1) is 11.3 Å². The first kappa shape index (κ1) is 13.9. The van der Waals surface area contributed by atoms with Crippen molar-refractivity contribution < 1.29 is 9.90 Å². The fourth-order valence-electron chi connectivity index (χ4n) is 1.35. The first-order valence-corrected chi connectivity index (χ1v) is 5.40. The van der Waals surface area contributed by atoms with Crippen molar-refractivity contribution in [3.8, 4) is 0 Å². The van der Waals surface area contributed by atoms with Crippen LogP contribution in [-0.4, -0.2) is 11.1 Å². The molecule has 15 heavy (non-hydrogen) atoms. The Balaban J connectivity index is 4.18. The Bertz CT molecular complexity index is 233. The van der Waals surface area contributed by atoms with Crippen molar-refractivity contribution in [2.45, 2.75) is 40.0 Å². The van der Waals surface area contributed by atoms with Crippen molar-refractivity contribution in [2.75, 3.05) is 0 Å². The highest BCUT2D eigenvalue weighted by Crippen LogP contribution is 2.27. The SMILES string of the molecule is C=CCCCC=CC(C(=O)O)C(C)(C)C. The average molecular weight is 210 g/mol. The predicted molar refractivity (Wildman–Crippen MR) is 63.8 cm³/mol. The maximum Gasteiger partial charge on any atom is 0.310 e. The number of unbranched alkanes of at least 4 members (excludes halogenated alkanes) is 2. The van der Waals surface area contributed by atoms with E-state index in [2.05, 4.69) is 6.58 Å². The molecule has 0 heterocycles. The van der Waals surface area contributed by atoms with Crippen LogP contribution in [0.2, 0.25) is 0 Å². The van der Waals surface area contributed by atoms with Crippen LogP contribution in [0.4, 0.5) is 0 Å². The molecule has 0 aliphatic rings. The molecule has 1 unspecified atom stereocenters. The van der Waals surface area contributed by atoms with E-state index in [1.807, 2.05) is 39.0 Å². The maximum atomic E-state index is 11.0. The highest BCUT2D eigenvalue weighted by atomic mass is 16.4. The number of hydrogen-bond donors (Lipinski definition) is 1. The lowest BCUT2D eigenvalue weighted by Crippen LogP contribution is -2.26. The molecule has 0 saturated carbocycles. The second kappa shape index (κ2) is 6.44. The molecule has 86 valence electrons. The zero-order chi connectivity index (χ0) is 11.9. The highest BCUT2D eigenvalue weighted by Gasteiger charge is 2.28. The van der Waals surface area contributed by atoms with E-state index in [1.54, 1.807) is 0 Å². The number of aliphatic carboxylic acids is 1. The summed E-state index contributed by atoms with van der Waals surface area (Å²) in [5, 5.41) is 9.04. The smallest absolute Gasteiger partial charge is 0.310 e. The third-order valence-corrected chi connectivity index (χ3v) is 2.31. The lowest BCUT2D eigenvalue weighted by Gasteiger charge is -2.24. The molecule has 0 aliphatic heterocycles. The van der Waals surface area contributed by atoms with E-state index in [1.165, 1.54) is 0 Å². The Labute approximate surface area is 92.7 Å². The van der Waals surface area contributed by atoms with Crippen molar-refractivity contribution in [1.29, 1.82) is 0 Å². The third kappa shape index (κ3) is 6.10. The molecular weight excluding hydrogens is 188 g/mol. The minimum absolute atomic E-state index is 0.221. The number of carboxylic acid groups (broad SMARTS) is 1. The summed E-state index contributed by atoms with van der Waals surface area (Å²) >= 11 is 0. The highest BCUT2D eigenvalue weighted by molar-refractivity contribution is 5.73. The summed E-state index contributed by atoms with van der Waals surface area (Å²) in [7, 11) is 0. The van der Waals surface area contributed by atoms with Crippen molar-refractivity contribution in [1.82, 2.24) is 0 Å². The van der Waals surface area contributed by atoms with Crippen molar-refractivity contribution in [3.63, 3.8) is 0 Å². The fourth-order valence-corrected chi connectivity index (χ4v) is 1.35. The van der Waals surface area contributed by atoms with Gasteiger partial charge in [0.15, 0.2) is 0 Å². The van der Waals surface area contributed by atoms with Gasteiger partial charge >= 0.3 is 5.97 Å². The van der Waals surface area contributed by atoms with Crippen molar-refractivity contribution in [3.05, 3.63) is 24.8 Å². The summed E-state index contributed by atoms with van der Waals surface area (Å²) in [5.41, 5.74) is -0.221. The van der Waals surface area contributed by atoms with E-state index in [0.717, 1.165) is 19.3 Å². The third-order valence-electron chi connectivity index (χ3n) is 2.31. The maximum absolute atomic E-state index is 11.0. The van der Waals surface area contributed by atoms with Crippen molar-refractivity contribution in [2.24, 2.45) is 11.3 Å². The molecule has 0 aromatic carbocycles. The standard InChI is InChI=1S/C13H22O2/c1-5-6-7-8-9-10-11(12(14)15)13(2,3)4/h5,9-11H,1,6-8H2,2-4H3,(H,14,15). The molecule has 2 heteroatoms. The number of carboxylic acids is 1. The molecule has 0 bridgehead atoms. The van der Waals surface area contributed by atoms with E-state index in [9.17, 15) is 4.79 Å². The number of allylic oxidation sites excluding steroid dienone is 2. The van der Waals surface area contributed by atoms with Gasteiger partial charge in [-0.05, 0) is 24.7 Å². The van der Waals surface area contributed by atoms with Gasteiger partial charge in [-0.1, -0.05) is 39.0 Å². The molecule has 0 saturated heterocycles. The molecule has 0 aromatic heterocycles. The van der Waals surface area contributed by atoms with Crippen LogP contribution in [0.15, 0.2) is 24.8 Å². The Hall–Kier alpha value is -1.05. The van der Waals surface area contributed by atoms with E-state index in [4.69, 9.17) is 5.11 Å². The van der Waals surface area contributed by atoms with E-state index in [0.29, 0.717) is 0 Å². The van der Waals surface area contributed by atoms with E-state index in [-0.39, 0.29) is 5.41 Å². The van der Waals surface area contributed by atoms with Gasteiger partial charge in [-0.15, -0.1) is 6.58 Å². The van der Waals surface area contributed by atoms with Gasteiger partial charge in [-0.3, -0.25) is 4.79 Å². The number of rotatable bonds is 6. The van der Waals surface area contributed by atoms with Crippen LogP contribution in [0.25, 0.3) is 0 Å². The minimum Gasteiger partial charge on any atom is -0.481 e. The second-order valence-corrected chi connectivity index (χ2v) is 4.83. The molecule has 0 spiro atoms. The summed E-state index contributed by atoms with van der Waals surface area (Å²) in [6.45, 7) is 9.48. The normalized spacial score (nSPS) is 14.1. The monoisotopic (exact) mass is 210 g/mol. The average Bonchev–Trinajstić information content (AvgIpc) is 2.08. The van der Waals surface area contributed by atoms with E-state index >= 15 is 0 Å². The van der Waals surface area contributed by atoms with Crippen LogP contribution in [0.1, 0.15) is 40.0 Å². The summed E-state index contributed by atoms with van der Waals surface area (Å²) < 4.78 is 0. The first-order valence-electron chi connectivity index (χ1n) is 5.40. The Morgan fingerprint density at radius 2 is 2.00 bits per heavy atom. The van der Waals surface area contributed by atoms with Crippen LogP contribution < -0.4 is 0 Å². The molecule has 0 radical (unpaired) electrons. The molecular formula is C13H22O2. The van der Waals surface area contributed by atoms with Gasteiger partial charge in [0.25, 0.3) is 0 Å². The zero-order valence-corrected chi connectivity index (χ0v) is 9.99. The zero-order valence-electron chi connectivity index (χ0n) is 9.99. The lowest BCUT2D eigenvalue weighted by atomic mass is 9.80. The van der Waals surface area contributed by atoms with E-state index < -0.39 is 11.9 Å². The molecule has 0 rings (SSSR count). The second-order valence-electron chi connectivity index (χ2n) is 4.83. The summed E-state index contributed by atoms with van der Waals surface area (Å²) in [5.74, 6) is -1.15. The first-order chi connectivity index (χ1) is 6.89. The quantitative estimate of drug-likeness (QED) is 0.536.